The van der Waals surface area contributed by atoms with Crippen LogP contribution in [0.2, 0.25) is 0 Å². The number of piperidine rings is 1. The number of phenols is 1. The van der Waals surface area contributed by atoms with Gasteiger partial charge in [-0.3, -0.25) is 0 Å². The number of benzene rings is 2. The first-order chi connectivity index (χ1) is 16.4. The number of hydrogen-bond donors (Lipinski definition) is 1. The third-order valence-electron chi connectivity index (χ3n) is 11.1. The van der Waals surface area contributed by atoms with Gasteiger partial charge < -0.3 is 24.2 Å². The van der Waals surface area contributed by atoms with Crippen LogP contribution in [0.4, 0.5) is 0 Å². The number of fused-ring (bicyclic) bond motifs is 1. The minimum absolute atomic E-state index is 0.0648. The lowest BCUT2D eigenvalue weighted by Crippen LogP contribution is -2.83. The highest BCUT2D eigenvalue weighted by atomic mass is 16.7. The summed E-state index contributed by atoms with van der Waals surface area (Å²) < 4.78 is 20.2. The zero-order valence-electron chi connectivity index (χ0n) is 20.0. The van der Waals surface area contributed by atoms with Gasteiger partial charge >= 0.3 is 0 Å². The Morgan fingerprint density at radius 1 is 1.06 bits per heavy atom. The van der Waals surface area contributed by atoms with Gasteiger partial charge in [0.05, 0.1) is 5.60 Å². The van der Waals surface area contributed by atoms with Gasteiger partial charge in [-0.15, -0.1) is 0 Å². The summed E-state index contributed by atoms with van der Waals surface area (Å²) in [6.45, 7) is 3.69. The maximum atomic E-state index is 10.9. The Morgan fingerprint density at radius 3 is 2.76 bits per heavy atom. The van der Waals surface area contributed by atoms with Crippen LogP contribution in [0, 0.1) is 11.3 Å². The topological polar surface area (TPSA) is 51.2 Å². The molecule has 2 aromatic rings. The van der Waals surface area contributed by atoms with Gasteiger partial charge in [0.2, 0.25) is 0 Å². The van der Waals surface area contributed by atoms with E-state index in [2.05, 4.69) is 55.3 Å². The first kappa shape index (κ1) is 20.1. The number of hydrogen-bond acceptors (Lipinski definition) is 5. The van der Waals surface area contributed by atoms with Crippen molar-refractivity contribution in [2.24, 2.45) is 11.3 Å². The van der Waals surface area contributed by atoms with Crippen LogP contribution in [0.25, 0.3) is 0 Å². The van der Waals surface area contributed by atoms with Crippen molar-refractivity contribution in [3.8, 4) is 11.5 Å². The monoisotopic (exact) mass is 459 g/mol. The number of ether oxygens (including phenoxy) is 3. The molecule has 4 bridgehead atoms. The average Bonchev–Trinajstić information content (AvgIpc) is 3.21. The van der Waals surface area contributed by atoms with Crippen molar-refractivity contribution in [3.63, 3.8) is 0 Å². The van der Waals surface area contributed by atoms with E-state index in [1.807, 2.05) is 6.07 Å². The molecule has 5 nitrogen and oxygen atoms in total. The molecule has 178 valence electrons. The van der Waals surface area contributed by atoms with Crippen molar-refractivity contribution in [2.75, 3.05) is 20.4 Å². The summed E-state index contributed by atoms with van der Waals surface area (Å²) in [7, 11) is 2.32. The number of aromatic hydroxyl groups is 1. The summed E-state index contributed by atoms with van der Waals surface area (Å²) in [4.78, 5) is 2.62. The first-order valence-electron chi connectivity index (χ1n) is 13.0. The lowest BCUT2D eigenvalue weighted by molar-refractivity contribution is -0.374. The number of likely N-dealkylation sites (tertiary alicyclic amines) is 1. The van der Waals surface area contributed by atoms with E-state index in [1.165, 1.54) is 16.7 Å². The first-order valence-corrected chi connectivity index (χ1v) is 13.0. The number of rotatable bonds is 2. The average molecular weight is 460 g/mol. The van der Waals surface area contributed by atoms with Crippen LogP contribution >= 0.6 is 0 Å². The molecule has 3 saturated carbocycles. The number of phenolic OH excluding ortho intramolecular Hbond substituents is 1. The van der Waals surface area contributed by atoms with Crippen LogP contribution in [-0.4, -0.2) is 53.7 Å². The standard InChI is InChI=1S/C29H33NO4/c1-26(15-18-6-4-3-5-7-18)21-16-27-10-11-29(21,33-17-32-26)25-28(27)12-13-30(2)22(27)14-19-8-9-20(31)24(34-25)23(19)28/h3-9,21-22,25,31H,10-17H2,1-2H3/t21-,22-,25-,26-,27-,28+,29-/m1/s1. The van der Waals surface area contributed by atoms with Crippen molar-refractivity contribution in [1.29, 1.82) is 0 Å². The van der Waals surface area contributed by atoms with E-state index < -0.39 is 0 Å². The van der Waals surface area contributed by atoms with Crippen molar-refractivity contribution < 1.29 is 19.3 Å². The highest BCUT2D eigenvalue weighted by molar-refractivity contribution is 5.63. The molecule has 5 fully saturated rings. The fourth-order valence-electron chi connectivity index (χ4n) is 9.84. The highest BCUT2D eigenvalue weighted by Crippen LogP contribution is 2.78. The fourth-order valence-corrected chi connectivity index (χ4v) is 9.84. The lowest BCUT2D eigenvalue weighted by Gasteiger charge is -2.76. The largest absolute Gasteiger partial charge is 0.504 e. The summed E-state index contributed by atoms with van der Waals surface area (Å²) in [6.07, 6.45) is 6.18. The van der Waals surface area contributed by atoms with Gasteiger partial charge in [-0.1, -0.05) is 36.4 Å². The normalized spacial score (nSPS) is 45.4. The van der Waals surface area contributed by atoms with Crippen LogP contribution in [0.5, 0.6) is 11.5 Å². The predicted molar refractivity (Wildman–Crippen MR) is 127 cm³/mol. The van der Waals surface area contributed by atoms with E-state index >= 15 is 0 Å². The molecule has 0 aromatic heterocycles. The van der Waals surface area contributed by atoms with Crippen LogP contribution in [0.1, 0.15) is 49.3 Å². The molecule has 1 N–H and O–H groups in total. The Morgan fingerprint density at radius 2 is 1.91 bits per heavy atom. The third kappa shape index (κ3) is 2.03. The predicted octanol–water partition coefficient (Wildman–Crippen LogP) is 4.20. The molecular formula is C29H33NO4. The van der Waals surface area contributed by atoms with E-state index in [0.717, 1.165) is 50.8 Å². The van der Waals surface area contributed by atoms with Gasteiger partial charge in [-0.2, -0.15) is 0 Å². The molecule has 0 unspecified atom stereocenters. The fraction of sp³-hybridized carbons (Fsp3) is 0.586. The highest BCUT2D eigenvalue weighted by Gasteiger charge is 2.82. The zero-order valence-corrected chi connectivity index (χ0v) is 20.0. The molecule has 34 heavy (non-hydrogen) atoms. The molecule has 9 rings (SSSR count). The maximum absolute atomic E-state index is 10.9. The molecule has 0 radical (unpaired) electrons. The molecule has 2 saturated heterocycles. The Hall–Kier alpha value is -2.08. The SMILES string of the molecule is CN1CC[C@]23c4c5ccc(O)c4O[C@H]2[C@@]24CC[C@@]3(C[C@@H]2[C@@](C)(Cc2ccccc2)OCO4)[C@H]1C5. The summed E-state index contributed by atoms with van der Waals surface area (Å²) in [5, 5.41) is 10.9. The van der Waals surface area contributed by atoms with Gasteiger partial charge in [0.15, 0.2) is 11.5 Å². The van der Waals surface area contributed by atoms with E-state index in [4.69, 9.17) is 14.2 Å². The Kier molecular flexibility index (Phi) is 3.66. The molecule has 3 heterocycles. The van der Waals surface area contributed by atoms with E-state index in [0.29, 0.717) is 18.6 Å². The third-order valence-corrected chi connectivity index (χ3v) is 11.1. The molecule has 2 aromatic carbocycles. The van der Waals surface area contributed by atoms with E-state index in [9.17, 15) is 5.11 Å². The van der Waals surface area contributed by atoms with Crippen LogP contribution in [0.15, 0.2) is 42.5 Å². The van der Waals surface area contributed by atoms with Gasteiger partial charge in [0.1, 0.15) is 18.5 Å². The molecule has 5 heteroatoms. The lowest BCUT2D eigenvalue weighted by atomic mass is 9.33. The second-order valence-electron chi connectivity index (χ2n) is 12.1. The Labute approximate surface area is 201 Å². The maximum Gasteiger partial charge on any atom is 0.165 e. The van der Waals surface area contributed by atoms with Crippen molar-refractivity contribution in [2.45, 2.75) is 74.2 Å². The summed E-state index contributed by atoms with van der Waals surface area (Å²) >= 11 is 0. The van der Waals surface area contributed by atoms with Crippen molar-refractivity contribution >= 4 is 0 Å². The van der Waals surface area contributed by atoms with Gasteiger partial charge in [0, 0.05) is 34.8 Å². The summed E-state index contributed by atoms with van der Waals surface area (Å²) in [5.41, 5.74) is 3.34. The van der Waals surface area contributed by atoms with Crippen LogP contribution in [-0.2, 0) is 27.7 Å². The van der Waals surface area contributed by atoms with Gasteiger partial charge in [-0.25, -0.2) is 0 Å². The van der Waals surface area contributed by atoms with Crippen LogP contribution < -0.4 is 4.74 Å². The Bertz CT molecular complexity index is 1200. The Balaban J connectivity index is 1.34. The molecular weight excluding hydrogens is 426 g/mol. The van der Waals surface area contributed by atoms with Crippen molar-refractivity contribution in [3.05, 3.63) is 59.2 Å². The van der Waals surface area contributed by atoms with Gasteiger partial charge in [-0.05, 0) is 69.8 Å². The smallest absolute Gasteiger partial charge is 0.165 e. The number of likely N-dealkylation sites (N-methyl/N-ethyl adjacent to an activating group) is 1. The molecule has 3 aliphatic heterocycles. The summed E-state index contributed by atoms with van der Waals surface area (Å²) in [6, 6.07) is 15.2. The zero-order chi connectivity index (χ0) is 22.9. The molecule has 7 atom stereocenters. The summed E-state index contributed by atoms with van der Waals surface area (Å²) in [5.74, 6) is 1.28. The molecule has 7 aliphatic rings. The van der Waals surface area contributed by atoms with E-state index in [1.54, 1.807) is 0 Å². The van der Waals surface area contributed by atoms with Gasteiger partial charge in [0.25, 0.3) is 0 Å². The molecule has 3 spiro atoms. The van der Waals surface area contributed by atoms with Crippen LogP contribution in [0.3, 0.4) is 0 Å². The quantitative estimate of drug-likeness (QED) is 0.730. The minimum atomic E-state index is -0.385. The minimum Gasteiger partial charge on any atom is -0.504 e. The van der Waals surface area contributed by atoms with Crippen molar-refractivity contribution in [1.82, 2.24) is 4.90 Å². The molecule has 4 aliphatic carbocycles. The number of nitrogens with zero attached hydrogens (tertiary/aromatic N) is 1. The second kappa shape index (κ2) is 6.18. The second-order valence-corrected chi connectivity index (χ2v) is 12.1. The van der Waals surface area contributed by atoms with E-state index in [-0.39, 0.29) is 34.1 Å². The molecule has 0 amide bonds.